The minimum absolute atomic E-state index is 0.468. The zero-order valence-electron chi connectivity index (χ0n) is 7.04. The molecule has 1 aliphatic heterocycles. The van der Waals surface area contributed by atoms with Crippen LogP contribution in [0.4, 0.5) is 0 Å². The summed E-state index contributed by atoms with van der Waals surface area (Å²) in [6, 6.07) is 0.964. The van der Waals surface area contributed by atoms with Gasteiger partial charge in [0.15, 0.2) is 0 Å². The Morgan fingerprint density at radius 2 is 1.90 bits per heavy atom. The largest absolute Gasteiger partial charge is 0.191 e. The molecule has 0 aromatic carbocycles. The van der Waals surface area contributed by atoms with Crippen LogP contribution in [0.3, 0.4) is 0 Å². The van der Waals surface area contributed by atoms with Gasteiger partial charge >= 0.3 is 0 Å². The molecule has 2 atom stereocenters. The molecule has 0 saturated carbocycles. The average molecular weight is 140 g/mol. The summed E-state index contributed by atoms with van der Waals surface area (Å²) >= 11 is 0. The lowest BCUT2D eigenvalue weighted by atomic mass is 9.97. The van der Waals surface area contributed by atoms with Crippen molar-refractivity contribution in [1.29, 1.82) is 0 Å². The Hall–Kier alpha value is -0.400. The molecule has 1 heterocycles. The van der Waals surface area contributed by atoms with E-state index in [-0.39, 0.29) is 0 Å². The number of hydrogen-bond acceptors (Lipinski definition) is 2. The first-order chi connectivity index (χ1) is 4.70. The molecule has 1 rings (SSSR count). The molecule has 0 fully saturated rings. The van der Waals surface area contributed by atoms with Gasteiger partial charge in [-0.3, -0.25) is 0 Å². The van der Waals surface area contributed by atoms with E-state index in [1.54, 1.807) is 0 Å². The van der Waals surface area contributed by atoms with E-state index < -0.39 is 0 Å². The first kappa shape index (κ1) is 7.70. The van der Waals surface area contributed by atoms with Crippen molar-refractivity contribution >= 4 is 0 Å². The first-order valence-electron chi connectivity index (χ1n) is 4.10. The third kappa shape index (κ3) is 1.79. The van der Waals surface area contributed by atoms with Crippen LogP contribution in [0, 0.1) is 5.92 Å². The molecule has 0 amide bonds. The summed E-state index contributed by atoms with van der Waals surface area (Å²) in [5, 5.41) is 8.39. The summed E-state index contributed by atoms with van der Waals surface area (Å²) in [4.78, 5) is 0. The first-order valence-corrected chi connectivity index (χ1v) is 4.10. The Balaban J connectivity index is 2.45. The molecule has 2 nitrogen and oxygen atoms in total. The zero-order chi connectivity index (χ0) is 7.56. The second-order valence-corrected chi connectivity index (χ2v) is 3.47. The van der Waals surface area contributed by atoms with E-state index in [0.717, 1.165) is 0 Å². The van der Waals surface area contributed by atoms with Crippen molar-refractivity contribution in [3.05, 3.63) is 0 Å². The van der Waals surface area contributed by atoms with E-state index in [0.29, 0.717) is 18.0 Å². The lowest BCUT2D eigenvalue weighted by Gasteiger charge is -2.20. The van der Waals surface area contributed by atoms with Gasteiger partial charge in [0.1, 0.15) is 0 Å². The summed E-state index contributed by atoms with van der Waals surface area (Å²) in [7, 11) is 0. The van der Waals surface area contributed by atoms with Gasteiger partial charge in [-0.1, -0.05) is 13.8 Å². The van der Waals surface area contributed by atoms with Crippen LogP contribution >= 0.6 is 0 Å². The topological polar surface area (TPSA) is 24.7 Å². The maximum absolute atomic E-state index is 4.23. The molecule has 10 heavy (non-hydrogen) atoms. The van der Waals surface area contributed by atoms with Crippen molar-refractivity contribution in [3.8, 4) is 0 Å². The summed E-state index contributed by atoms with van der Waals surface area (Å²) in [5.74, 6) is 0.663. The number of rotatable bonds is 1. The molecule has 2 heteroatoms. The van der Waals surface area contributed by atoms with Gasteiger partial charge in [0.2, 0.25) is 0 Å². The molecule has 0 aromatic rings. The van der Waals surface area contributed by atoms with Crippen LogP contribution in [0.15, 0.2) is 10.2 Å². The smallest absolute Gasteiger partial charge is 0.0732 e. The molecule has 58 valence electrons. The summed E-state index contributed by atoms with van der Waals surface area (Å²) in [6.07, 6.45) is 2.44. The van der Waals surface area contributed by atoms with Gasteiger partial charge < -0.3 is 0 Å². The summed E-state index contributed by atoms with van der Waals surface area (Å²) in [6.45, 7) is 6.54. The number of nitrogens with zero attached hydrogens (tertiary/aromatic N) is 2. The van der Waals surface area contributed by atoms with Crippen molar-refractivity contribution < 1.29 is 0 Å². The fourth-order valence-corrected chi connectivity index (χ4v) is 1.19. The van der Waals surface area contributed by atoms with Crippen LogP contribution in [0.25, 0.3) is 0 Å². The minimum atomic E-state index is 0.468. The van der Waals surface area contributed by atoms with Crippen LogP contribution in [0.2, 0.25) is 0 Å². The summed E-state index contributed by atoms with van der Waals surface area (Å²) in [5.41, 5.74) is 0. The predicted molar refractivity (Wildman–Crippen MR) is 42.2 cm³/mol. The SMILES string of the molecule is CC1CCC(C(C)C)N=N1. The fraction of sp³-hybridized carbons (Fsp3) is 1.00. The monoisotopic (exact) mass is 140 g/mol. The molecule has 0 radical (unpaired) electrons. The van der Waals surface area contributed by atoms with Gasteiger partial charge in [-0.2, -0.15) is 10.2 Å². The molecule has 0 bridgehead atoms. The predicted octanol–water partition coefficient (Wildman–Crippen LogP) is 2.65. The van der Waals surface area contributed by atoms with Crippen LogP contribution in [-0.2, 0) is 0 Å². The molecule has 0 spiro atoms. The third-order valence-electron chi connectivity index (χ3n) is 2.06. The van der Waals surface area contributed by atoms with E-state index in [1.807, 2.05) is 0 Å². The highest BCUT2D eigenvalue weighted by molar-refractivity contribution is 4.75. The molecule has 2 unspecified atom stereocenters. The molecular formula is C8H16N2. The highest BCUT2D eigenvalue weighted by Gasteiger charge is 2.17. The average Bonchev–Trinajstić information content (AvgIpc) is 1.88. The Kier molecular flexibility index (Phi) is 2.41. The quantitative estimate of drug-likeness (QED) is 0.535. The highest BCUT2D eigenvalue weighted by atomic mass is 15.2. The zero-order valence-corrected chi connectivity index (χ0v) is 7.04. The van der Waals surface area contributed by atoms with Gasteiger partial charge in [0.25, 0.3) is 0 Å². The van der Waals surface area contributed by atoms with Gasteiger partial charge in [0.05, 0.1) is 12.1 Å². The Labute approximate surface area is 62.7 Å². The standard InChI is InChI=1S/C8H16N2/c1-6(2)8-5-4-7(3)9-10-8/h6-8H,4-5H2,1-3H3. The Bertz CT molecular complexity index is 129. The van der Waals surface area contributed by atoms with E-state index in [9.17, 15) is 0 Å². The number of hydrogen-bond donors (Lipinski definition) is 0. The van der Waals surface area contributed by atoms with E-state index >= 15 is 0 Å². The Morgan fingerprint density at radius 3 is 2.30 bits per heavy atom. The third-order valence-corrected chi connectivity index (χ3v) is 2.06. The van der Waals surface area contributed by atoms with Crippen LogP contribution < -0.4 is 0 Å². The maximum atomic E-state index is 4.23. The highest BCUT2D eigenvalue weighted by Crippen LogP contribution is 2.20. The second kappa shape index (κ2) is 3.13. The minimum Gasteiger partial charge on any atom is -0.191 e. The van der Waals surface area contributed by atoms with Crippen molar-refractivity contribution in [1.82, 2.24) is 0 Å². The molecule has 1 aliphatic rings. The van der Waals surface area contributed by atoms with Crippen molar-refractivity contribution in [3.63, 3.8) is 0 Å². The van der Waals surface area contributed by atoms with E-state index in [2.05, 4.69) is 31.0 Å². The second-order valence-electron chi connectivity index (χ2n) is 3.47. The van der Waals surface area contributed by atoms with Crippen LogP contribution in [0.5, 0.6) is 0 Å². The molecule has 0 aliphatic carbocycles. The Morgan fingerprint density at radius 1 is 1.20 bits per heavy atom. The van der Waals surface area contributed by atoms with Gasteiger partial charge in [-0.05, 0) is 25.7 Å². The summed E-state index contributed by atoms with van der Waals surface area (Å²) < 4.78 is 0. The molecule has 0 saturated heterocycles. The van der Waals surface area contributed by atoms with Crippen LogP contribution in [0.1, 0.15) is 33.6 Å². The van der Waals surface area contributed by atoms with Gasteiger partial charge in [0, 0.05) is 0 Å². The van der Waals surface area contributed by atoms with Crippen LogP contribution in [-0.4, -0.2) is 12.1 Å². The fourth-order valence-electron chi connectivity index (χ4n) is 1.19. The molecule has 0 N–H and O–H groups in total. The lowest BCUT2D eigenvalue weighted by Crippen LogP contribution is -2.18. The normalized spacial score (nSPS) is 33.2. The van der Waals surface area contributed by atoms with Gasteiger partial charge in [-0.25, -0.2) is 0 Å². The van der Waals surface area contributed by atoms with Crippen molar-refractivity contribution in [2.75, 3.05) is 0 Å². The van der Waals surface area contributed by atoms with E-state index in [1.165, 1.54) is 12.8 Å². The van der Waals surface area contributed by atoms with E-state index in [4.69, 9.17) is 0 Å². The van der Waals surface area contributed by atoms with Gasteiger partial charge in [-0.15, -0.1) is 0 Å². The molecular weight excluding hydrogens is 124 g/mol. The van der Waals surface area contributed by atoms with Crippen molar-refractivity contribution in [2.45, 2.75) is 45.7 Å². The van der Waals surface area contributed by atoms with Crippen molar-refractivity contribution in [2.24, 2.45) is 16.1 Å². The maximum Gasteiger partial charge on any atom is 0.0732 e. The lowest BCUT2D eigenvalue weighted by molar-refractivity contribution is 0.376. The number of azo groups is 1. The molecule has 0 aromatic heterocycles.